The Morgan fingerprint density at radius 2 is 1.50 bits per heavy atom. The molecule has 1 aromatic heterocycles. The lowest BCUT2D eigenvalue weighted by atomic mass is 9.96. The first-order valence-corrected chi connectivity index (χ1v) is 11.7. The molecule has 32 heavy (non-hydrogen) atoms. The standard InChI is InChI=1S/C26H18BrN3OS/c27-21(16-18-10-4-1-5-11-18)17-22-25(31)30-24(20-14-8-3-9-15-20)23(28-29-26(30)32-22)19-12-6-2-7-13-19/h1-17,24H/b21-16-,22-17?/t24-/m1/s1. The van der Waals surface area contributed by atoms with Crippen LogP contribution in [0.3, 0.4) is 0 Å². The minimum absolute atomic E-state index is 0.0793. The van der Waals surface area contributed by atoms with Gasteiger partial charge >= 0.3 is 0 Å². The monoisotopic (exact) mass is 499 g/mol. The molecule has 0 fully saturated rings. The number of thiazole rings is 1. The van der Waals surface area contributed by atoms with Gasteiger partial charge in [0.2, 0.25) is 4.80 Å². The molecule has 6 heteroatoms. The number of halogens is 1. The van der Waals surface area contributed by atoms with Crippen LogP contribution in [-0.2, 0) is 0 Å². The van der Waals surface area contributed by atoms with Gasteiger partial charge in [0.25, 0.3) is 5.56 Å². The van der Waals surface area contributed by atoms with Crippen LogP contribution in [0.4, 0.5) is 0 Å². The molecule has 3 aromatic carbocycles. The minimum atomic E-state index is -0.339. The van der Waals surface area contributed by atoms with Crippen molar-refractivity contribution in [3.05, 3.63) is 132 Å². The van der Waals surface area contributed by atoms with Gasteiger partial charge in [-0.05, 0) is 23.3 Å². The van der Waals surface area contributed by atoms with Gasteiger partial charge < -0.3 is 0 Å². The van der Waals surface area contributed by atoms with Crippen molar-refractivity contribution in [2.75, 3.05) is 0 Å². The quantitative estimate of drug-likeness (QED) is 0.399. The van der Waals surface area contributed by atoms with Crippen molar-refractivity contribution >= 4 is 45.1 Å². The van der Waals surface area contributed by atoms with Gasteiger partial charge in [0, 0.05) is 10.0 Å². The van der Waals surface area contributed by atoms with Gasteiger partial charge in [0.1, 0.15) is 6.04 Å². The van der Waals surface area contributed by atoms with Gasteiger partial charge in [-0.1, -0.05) is 118 Å². The lowest BCUT2D eigenvalue weighted by Gasteiger charge is -2.22. The largest absolute Gasteiger partial charge is 0.271 e. The van der Waals surface area contributed by atoms with Crippen LogP contribution in [0.25, 0.3) is 12.2 Å². The van der Waals surface area contributed by atoms with Crippen LogP contribution in [-0.4, -0.2) is 10.3 Å². The fraction of sp³-hybridized carbons (Fsp3) is 0.0385. The van der Waals surface area contributed by atoms with E-state index in [1.807, 2.05) is 103 Å². The first kappa shape index (κ1) is 20.5. The maximum atomic E-state index is 13.5. The van der Waals surface area contributed by atoms with Crippen LogP contribution < -0.4 is 14.9 Å². The summed E-state index contributed by atoms with van der Waals surface area (Å²) in [6.07, 6.45) is 3.84. The van der Waals surface area contributed by atoms with E-state index in [2.05, 4.69) is 26.1 Å². The first-order chi connectivity index (χ1) is 15.7. The number of rotatable bonds is 4. The number of hydrogen-bond donors (Lipinski definition) is 0. The topological polar surface area (TPSA) is 46.7 Å². The number of nitrogens with zero attached hydrogens (tertiary/aromatic N) is 3. The van der Waals surface area contributed by atoms with Gasteiger partial charge in [-0.15, -0.1) is 10.2 Å². The minimum Gasteiger partial charge on any atom is -0.268 e. The van der Waals surface area contributed by atoms with Crippen LogP contribution in [0.1, 0.15) is 22.7 Å². The third-order valence-electron chi connectivity index (χ3n) is 5.16. The van der Waals surface area contributed by atoms with Crippen molar-refractivity contribution in [2.45, 2.75) is 6.04 Å². The van der Waals surface area contributed by atoms with E-state index < -0.39 is 0 Å². The molecule has 0 saturated heterocycles. The van der Waals surface area contributed by atoms with E-state index in [0.29, 0.717) is 9.33 Å². The average molecular weight is 500 g/mol. The summed E-state index contributed by atoms with van der Waals surface area (Å²) in [6.45, 7) is 0. The maximum Gasteiger partial charge on any atom is 0.271 e. The van der Waals surface area contributed by atoms with Gasteiger partial charge in [-0.25, -0.2) is 0 Å². The molecule has 0 spiro atoms. The van der Waals surface area contributed by atoms with Gasteiger partial charge in [0.05, 0.1) is 10.2 Å². The Balaban J connectivity index is 1.66. The second-order valence-corrected chi connectivity index (χ2v) is 9.20. The molecule has 0 saturated carbocycles. The zero-order valence-electron chi connectivity index (χ0n) is 16.9. The van der Waals surface area contributed by atoms with E-state index in [9.17, 15) is 4.79 Å². The molecule has 5 rings (SSSR count). The van der Waals surface area contributed by atoms with Crippen molar-refractivity contribution in [1.82, 2.24) is 4.57 Å². The van der Waals surface area contributed by atoms with Crippen molar-refractivity contribution < 1.29 is 0 Å². The van der Waals surface area contributed by atoms with E-state index >= 15 is 0 Å². The molecule has 1 aliphatic heterocycles. The Kier molecular flexibility index (Phi) is 5.79. The number of allylic oxidation sites excluding steroid dienone is 1. The molecule has 0 bridgehead atoms. The second-order valence-electron chi connectivity index (χ2n) is 7.27. The Bertz CT molecular complexity index is 1490. The third-order valence-corrected chi connectivity index (χ3v) is 6.59. The average Bonchev–Trinajstić information content (AvgIpc) is 3.15. The molecule has 0 unspecified atom stereocenters. The predicted octanol–water partition coefficient (Wildman–Crippen LogP) is 4.75. The highest BCUT2D eigenvalue weighted by atomic mass is 79.9. The molecular weight excluding hydrogens is 482 g/mol. The SMILES string of the molecule is O=c1c(=C/C(Br)=C/c2ccccc2)sc2n1[C@H](c1ccccc1)C(c1ccccc1)=NN=2. The zero-order valence-corrected chi connectivity index (χ0v) is 19.3. The van der Waals surface area contributed by atoms with E-state index in [-0.39, 0.29) is 11.6 Å². The lowest BCUT2D eigenvalue weighted by Crippen LogP contribution is -2.40. The second kappa shape index (κ2) is 9.02. The van der Waals surface area contributed by atoms with Crippen molar-refractivity contribution in [2.24, 2.45) is 10.2 Å². The molecule has 1 aliphatic rings. The van der Waals surface area contributed by atoms with Crippen LogP contribution in [0.15, 0.2) is 110 Å². The molecule has 156 valence electrons. The summed E-state index contributed by atoms with van der Waals surface area (Å²) < 4.78 is 3.18. The van der Waals surface area contributed by atoms with E-state index in [4.69, 9.17) is 0 Å². The molecule has 0 N–H and O–H groups in total. The maximum absolute atomic E-state index is 13.5. The highest BCUT2D eigenvalue weighted by Gasteiger charge is 2.28. The molecule has 0 radical (unpaired) electrons. The molecule has 2 heterocycles. The van der Waals surface area contributed by atoms with Crippen molar-refractivity contribution in [3.8, 4) is 0 Å². The first-order valence-electron chi connectivity index (χ1n) is 10.1. The van der Waals surface area contributed by atoms with E-state index in [0.717, 1.165) is 26.9 Å². The number of aromatic nitrogens is 1. The molecule has 4 aromatic rings. The Labute approximate surface area is 197 Å². The van der Waals surface area contributed by atoms with Crippen LogP contribution in [0, 0.1) is 0 Å². The summed E-state index contributed by atoms with van der Waals surface area (Å²) in [4.78, 5) is 14.1. The molecule has 1 atom stereocenters. The van der Waals surface area contributed by atoms with Crippen molar-refractivity contribution in [1.29, 1.82) is 0 Å². The number of fused-ring (bicyclic) bond motifs is 1. The third kappa shape index (κ3) is 4.07. The fourth-order valence-corrected chi connectivity index (χ4v) is 5.28. The summed E-state index contributed by atoms with van der Waals surface area (Å²) in [6, 6.07) is 29.5. The molecule has 4 nitrogen and oxygen atoms in total. The molecule has 0 amide bonds. The smallest absolute Gasteiger partial charge is 0.268 e. The van der Waals surface area contributed by atoms with Gasteiger partial charge in [-0.2, -0.15) is 0 Å². The van der Waals surface area contributed by atoms with Gasteiger partial charge in [0.15, 0.2) is 0 Å². The highest BCUT2D eigenvalue weighted by molar-refractivity contribution is 9.12. The Morgan fingerprint density at radius 1 is 0.875 bits per heavy atom. The molecule has 0 aliphatic carbocycles. The summed E-state index contributed by atoms with van der Waals surface area (Å²) >= 11 is 4.94. The Morgan fingerprint density at radius 3 is 2.19 bits per heavy atom. The number of hydrogen-bond acceptors (Lipinski definition) is 4. The summed E-state index contributed by atoms with van der Waals surface area (Å²) in [5, 5.41) is 8.97. The number of benzene rings is 3. The van der Waals surface area contributed by atoms with Gasteiger partial charge in [-0.3, -0.25) is 9.36 Å². The normalized spacial score (nSPS) is 16.3. The Hall–Kier alpha value is -3.35. The summed E-state index contributed by atoms with van der Waals surface area (Å²) in [7, 11) is 0. The van der Waals surface area contributed by atoms with Crippen molar-refractivity contribution in [3.63, 3.8) is 0 Å². The molecular formula is C26H18BrN3OS. The van der Waals surface area contributed by atoms with Crippen LogP contribution >= 0.6 is 27.3 Å². The van der Waals surface area contributed by atoms with E-state index in [1.165, 1.54) is 11.3 Å². The lowest BCUT2D eigenvalue weighted by molar-refractivity contribution is 0.657. The highest BCUT2D eigenvalue weighted by Crippen LogP contribution is 2.24. The van der Waals surface area contributed by atoms with Crippen LogP contribution in [0.5, 0.6) is 0 Å². The predicted molar refractivity (Wildman–Crippen MR) is 135 cm³/mol. The summed E-state index contributed by atoms with van der Waals surface area (Å²) in [5.74, 6) is 0. The zero-order chi connectivity index (χ0) is 21.9. The van der Waals surface area contributed by atoms with Crippen LogP contribution in [0.2, 0.25) is 0 Å². The fourth-order valence-electron chi connectivity index (χ4n) is 3.70. The van der Waals surface area contributed by atoms with E-state index in [1.54, 1.807) is 4.57 Å². The summed E-state index contributed by atoms with van der Waals surface area (Å²) in [5.41, 5.74) is 3.68.